The summed E-state index contributed by atoms with van der Waals surface area (Å²) in [6.07, 6.45) is 6.07. The molecular formula is C18H32N4O3. The number of hydrogen-bond donors (Lipinski definition) is 2. The van der Waals surface area contributed by atoms with Gasteiger partial charge in [-0.2, -0.15) is 0 Å². The number of nitrogens with one attached hydrogen (secondary N) is 1. The van der Waals surface area contributed by atoms with Crippen LogP contribution in [0.1, 0.15) is 52.4 Å². The summed E-state index contributed by atoms with van der Waals surface area (Å²) in [6.45, 7) is 6.20. The van der Waals surface area contributed by atoms with E-state index >= 15 is 0 Å². The number of amides is 4. The van der Waals surface area contributed by atoms with Crippen molar-refractivity contribution >= 4 is 17.8 Å². The minimum Gasteiger partial charge on any atom is -0.352 e. The summed E-state index contributed by atoms with van der Waals surface area (Å²) in [5.74, 6) is 0.592. The molecule has 2 fully saturated rings. The fourth-order valence-electron chi connectivity index (χ4n) is 3.84. The second-order valence-corrected chi connectivity index (χ2v) is 7.68. The fraction of sp³-hybridized carbons (Fsp3) is 0.833. The molecule has 2 rings (SSSR count). The van der Waals surface area contributed by atoms with Crippen molar-refractivity contribution in [1.82, 2.24) is 15.1 Å². The summed E-state index contributed by atoms with van der Waals surface area (Å²) >= 11 is 0. The number of rotatable bonds is 5. The molecule has 7 heteroatoms. The zero-order chi connectivity index (χ0) is 18.4. The lowest BCUT2D eigenvalue weighted by Crippen LogP contribution is -2.57. The maximum Gasteiger partial charge on any atom is 0.312 e. The van der Waals surface area contributed by atoms with Crippen molar-refractivity contribution in [2.45, 2.75) is 58.4 Å². The number of carbonyl (C=O) groups excluding carboxylic acids is 3. The van der Waals surface area contributed by atoms with E-state index in [1.54, 1.807) is 4.90 Å². The van der Waals surface area contributed by atoms with E-state index in [9.17, 15) is 14.4 Å². The van der Waals surface area contributed by atoms with E-state index in [-0.39, 0.29) is 23.7 Å². The lowest BCUT2D eigenvalue weighted by Gasteiger charge is -2.38. The topological polar surface area (TPSA) is 95.7 Å². The van der Waals surface area contributed by atoms with Gasteiger partial charge in [-0.3, -0.25) is 9.59 Å². The number of nitrogens with two attached hydrogens (primary N) is 1. The van der Waals surface area contributed by atoms with Gasteiger partial charge in [0.25, 0.3) is 0 Å². The normalized spacial score (nSPS) is 20.4. The van der Waals surface area contributed by atoms with Crippen LogP contribution in [0.3, 0.4) is 0 Å². The van der Waals surface area contributed by atoms with Crippen LogP contribution in [-0.4, -0.2) is 59.9 Å². The maximum absolute atomic E-state index is 12.7. The van der Waals surface area contributed by atoms with Gasteiger partial charge in [0.05, 0.1) is 0 Å². The first kappa shape index (κ1) is 19.5. The van der Waals surface area contributed by atoms with Gasteiger partial charge in [-0.15, -0.1) is 0 Å². The van der Waals surface area contributed by atoms with Crippen molar-refractivity contribution in [3.8, 4) is 0 Å². The average Bonchev–Trinajstić information content (AvgIpc) is 2.60. The van der Waals surface area contributed by atoms with Crippen molar-refractivity contribution in [2.75, 3.05) is 26.2 Å². The standard InChI is InChI=1S/C18H32N4O3/c1-13(2)12-15(20-18(19)25)17(24)22-10-8-21(9-11-22)16(23)14-6-4-3-5-7-14/h13-15H,3-12H2,1-2H3,(H3,19,20,25). The zero-order valence-electron chi connectivity index (χ0n) is 15.5. The summed E-state index contributed by atoms with van der Waals surface area (Å²) < 4.78 is 0. The molecule has 142 valence electrons. The Morgan fingerprint density at radius 2 is 1.56 bits per heavy atom. The van der Waals surface area contributed by atoms with Crippen LogP contribution in [-0.2, 0) is 9.59 Å². The van der Waals surface area contributed by atoms with Crippen LogP contribution in [0.4, 0.5) is 4.79 Å². The van der Waals surface area contributed by atoms with Gasteiger partial charge in [-0.05, 0) is 25.2 Å². The molecule has 4 amide bonds. The van der Waals surface area contributed by atoms with E-state index in [1.165, 1.54) is 6.42 Å². The van der Waals surface area contributed by atoms with E-state index in [2.05, 4.69) is 5.32 Å². The Hall–Kier alpha value is -1.79. The summed E-state index contributed by atoms with van der Waals surface area (Å²) in [5, 5.41) is 2.56. The Morgan fingerprint density at radius 3 is 2.08 bits per heavy atom. The Balaban J connectivity index is 1.87. The monoisotopic (exact) mass is 352 g/mol. The third-order valence-corrected chi connectivity index (χ3v) is 5.18. The quantitative estimate of drug-likeness (QED) is 0.781. The highest BCUT2D eigenvalue weighted by Gasteiger charge is 2.32. The van der Waals surface area contributed by atoms with Crippen molar-refractivity contribution in [1.29, 1.82) is 0 Å². The van der Waals surface area contributed by atoms with Gasteiger partial charge in [0.1, 0.15) is 6.04 Å². The first-order valence-corrected chi connectivity index (χ1v) is 9.52. The van der Waals surface area contributed by atoms with Gasteiger partial charge in [0, 0.05) is 32.1 Å². The van der Waals surface area contributed by atoms with Crippen molar-refractivity contribution in [2.24, 2.45) is 17.6 Å². The van der Waals surface area contributed by atoms with Crippen LogP contribution in [0.2, 0.25) is 0 Å². The molecule has 0 bridgehead atoms. The van der Waals surface area contributed by atoms with Crippen LogP contribution in [0.25, 0.3) is 0 Å². The average molecular weight is 352 g/mol. The maximum atomic E-state index is 12.7. The SMILES string of the molecule is CC(C)CC(NC(N)=O)C(=O)N1CCN(C(=O)C2CCCCC2)CC1. The van der Waals surface area contributed by atoms with E-state index < -0.39 is 12.1 Å². The molecule has 25 heavy (non-hydrogen) atoms. The molecule has 1 saturated carbocycles. The Bertz CT molecular complexity index is 481. The predicted molar refractivity (Wildman–Crippen MR) is 95.7 cm³/mol. The second-order valence-electron chi connectivity index (χ2n) is 7.68. The first-order valence-electron chi connectivity index (χ1n) is 9.52. The number of piperazine rings is 1. The molecule has 1 aliphatic heterocycles. The number of nitrogens with zero attached hydrogens (tertiary/aromatic N) is 2. The number of carbonyl (C=O) groups is 3. The van der Waals surface area contributed by atoms with Crippen LogP contribution < -0.4 is 11.1 Å². The highest BCUT2D eigenvalue weighted by molar-refractivity contribution is 5.87. The lowest BCUT2D eigenvalue weighted by atomic mass is 9.88. The van der Waals surface area contributed by atoms with E-state index in [0.29, 0.717) is 32.6 Å². The number of hydrogen-bond acceptors (Lipinski definition) is 3. The van der Waals surface area contributed by atoms with Crippen molar-refractivity contribution in [3.05, 3.63) is 0 Å². The molecule has 1 atom stereocenters. The van der Waals surface area contributed by atoms with E-state index in [1.807, 2.05) is 18.7 Å². The summed E-state index contributed by atoms with van der Waals surface area (Å²) in [7, 11) is 0. The van der Waals surface area contributed by atoms with E-state index in [0.717, 1.165) is 25.7 Å². The smallest absolute Gasteiger partial charge is 0.312 e. The molecule has 0 aromatic carbocycles. The summed E-state index contributed by atoms with van der Waals surface area (Å²) in [4.78, 5) is 40.1. The van der Waals surface area contributed by atoms with Gasteiger partial charge in [-0.1, -0.05) is 33.1 Å². The van der Waals surface area contributed by atoms with E-state index in [4.69, 9.17) is 5.73 Å². The molecule has 1 unspecified atom stereocenters. The first-order chi connectivity index (χ1) is 11.9. The van der Waals surface area contributed by atoms with Gasteiger partial charge in [-0.25, -0.2) is 4.79 Å². The molecule has 1 heterocycles. The van der Waals surface area contributed by atoms with Gasteiger partial charge in [0.15, 0.2) is 0 Å². The molecular weight excluding hydrogens is 320 g/mol. The molecule has 1 saturated heterocycles. The highest BCUT2D eigenvalue weighted by Crippen LogP contribution is 2.26. The molecule has 3 N–H and O–H groups in total. The van der Waals surface area contributed by atoms with Gasteiger partial charge >= 0.3 is 6.03 Å². The van der Waals surface area contributed by atoms with Crippen LogP contribution >= 0.6 is 0 Å². The molecule has 0 spiro atoms. The third-order valence-electron chi connectivity index (χ3n) is 5.18. The van der Waals surface area contributed by atoms with Crippen LogP contribution in [0, 0.1) is 11.8 Å². The van der Waals surface area contributed by atoms with Crippen molar-refractivity contribution < 1.29 is 14.4 Å². The van der Waals surface area contributed by atoms with Gasteiger partial charge < -0.3 is 20.9 Å². The number of urea groups is 1. The van der Waals surface area contributed by atoms with Crippen LogP contribution in [0.5, 0.6) is 0 Å². The zero-order valence-corrected chi connectivity index (χ0v) is 15.5. The lowest BCUT2D eigenvalue weighted by molar-refractivity contribution is -0.143. The second kappa shape index (κ2) is 9.06. The highest BCUT2D eigenvalue weighted by atomic mass is 16.2. The Labute approximate surface area is 150 Å². The Kier molecular flexibility index (Phi) is 7.08. The van der Waals surface area contributed by atoms with Gasteiger partial charge in [0.2, 0.25) is 11.8 Å². The molecule has 2 aliphatic rings. The fourth-order valence-corrected chi connectivity index (χ4v) is 3.84. The largest absolute Gasteiger partial charge is 0.352 e. The molecule has 0 aromatic heterocycles. The molecule has 0 radical (unpaired) electrons. The molecule has 7 nitrogen and oxygen atoms in total. The van der Waals surface area contributed by atoms with Crippen molar-refractivity contribution in [3.63, 3.8) is 0 Å². The summed E-state index contributed by atoms with van der Waals surface area (Å²) in [6, 6.07) is -1.26. The minimum absolute atomic E-state index is 0.0998. The molecule has 0 aromatic rings. The van der Waals surface area contributed by atoms with Crippen LogP contribution in [0.15, 0.2) is 0 Å². The summed E-state index contributed by atoms with van der Waals surface area (Å²) in [5.41, 5.74) is 5.21. The molecule has 1 aliphatic carbocycles. The number of primary amides is 1. The minimum atomic E-state index is -0.676. The third kappa shape index (κ3) is 5.61. The Morgan fingerprint density at radius 1 is 1.00 bits per heavy atom. The predicted octanol–water partition coefficient (Wildman–Crippen LogP) is 1.32.